The first-order valence-electron chi connectivity index (χ1n) is 4.43. The van der Waals surface area contributed by atoms with E-state index in [9.17, 15) is 13.2 Å². The molecule has 82 valence electrons. The summed E-state index contributed by atoms with van der Waals surface area (Å²) >= 11 is 0. The van der Waals surface area contributed by atoms with Crippen LogP contribution in [0, 0.1) is 0 Å². The second-order valence-electron chi connectivity index (χ2n) is 3.23. The number of benzene rings is 1. The monoisotopic (exact) mass is 227 g/mol. The average Bonchev–Trinajstić information content (AvgIpc) is 2.17. The smallest absolute Gasteiger partial charge is 0.224 e. The zero-order chi connectivity index (χ0) is 11.5. The van der Waals surface area contributed by atoms with Crippen LogP contribution in [0.4, 0.5) is 0 Å². The van der Waals surface area contributed by atoms with Crippen molar-refractivity contribution < 1.29 is 13.2 Å². The predicted octanol–water partition coefficient (Wildman–Crippen LogP) is 0.379. The molecule has 0 saturated carbocycles. The van der Waals surface area contributed by atoms with Crippen molar-refractivity contribution in [2.45, 2.75) is 11.3 Å². The quantitative estimate of drug-likeness (QED) is 0.812. The fourth-order valence-corrected chi connectivity index (χ4v) is 2.22. The summed E-state index contributed by atoms with van der Waals surface area (Å²) in [5.41, 5.74) is 0.527. The van der Waals surface area contributed by atoms with E-state index >= 15 is 0 Å². The van der Waals surface area contributed by atoms with Crippen LogP contribution in [0.5, 0.6) is 0 Å². The number of carbonyl (C=O) groups excluding carboxylic acids is 1. The highest BCUT2D eigenvalue weighted by molar-refractivity contribution is 7.90. The van der Waals surface area contributed by atoms with Gasteiger partial charge in [0, 0.05) is 13.3 Å². The lowest BCUT2D eigenvalue weighted by Crippen LogP contribution is -2.21. The maximum Gasteiger partial charge on any atom is 0.224 e. The molecule has 0 aliphatic carbocycles. The van der Waals surface area contributed by atoms with Gasteiger partial charge in [0.05, 0.1) is 11.3 Å². The Hall–Kier alpha value is -1.36. The number of hydrogen-bond donors (Lipinski definition) is 1. The Labute approximate surface area is 89.2 Å². The van der Waals surface area contributed by atoms with E-state index < -0.39 is 9.84 Å². The van der Waals surface area contributed by atoms with E-state index in [1.165, 1.54) is 13.1 Å². The van der Waals surface area contributed by atoms with E-state index in [0.717, 1.165) is 6.26 Å². The van der Waals surface area contributed by atoms with Crippen LogP contribution < -0.4 is 5.32 Å². The lowest BCUT2D eigenvalue weighted by Gasteiger charge is -2.06. The third-order valence-electron chi connectivity index (χ3n) is 2.00. The Morgan fingerprint density at radius 3 is 2.47 bits per heavy atom. The van der Waals surface area contributed by atoms with E-state index in [-0.39, 0.29) is 17.2 Å². The van der Waals surface area contributed by atoms with Crippen molar-refractivity contribution in [1.82, 2.24) is 5.32 Å². The lowest BCUT2D eigenvalue weighted by molar-refractivity contribution is -0.119. The van der Waals surface area contributed by atoms with Crippen molar-refractivity contribution in [1.29, 1.82) is 0 Å². The van der Waals surface area contributed by atoms with Crippen LogP contribution in [0.25, 0.3) is 0 Å². The van der Waals surface area contributed by atoms with E-state index in [1.54, 1.807) is 18.2 Å². The zero-order valence-corrected chi connectivity index (χ0v) is 9.47. The first-order valence-corrected chi connectivity index (χ1v) is 6.33. The second-order valence-corrected chi connectivity index (χ2v) is 5.21. The van der Waals surface area contributed by atoms with Gasteiger partial charge in [-0.3, -0.25) is 4.79 Å². The molecule has 0 aliphatic rings. The zero-order valence-electron chi connectivity index (χ0n) is 8.65. The van der Waals surface area contributed by atoms with Crippen LogP contribution >= 0.6 is 0 Å². The van der Waals surface area contributed by atoms with E-state index in [1.807, 2.05) is 0 Å². The maximum atomic E-state index is 11.4. The first-order chi connectivity index (χ1) is 6.95. The minimum Gasteiger partial charge on any atom is -0.359 e. The molecule has 1 rings (SSSR count). The van der Waals surface area contributed by atoms with E-state index in [4.69, 9.17) is 0 Å². The molecule has 4 nitrogen and oxygen atoms in total. The van der Waals surface area contributed by atoms with Crippen LogP contribution in [0.15, 0.2) is 29.2 Å². The molecule has 1 amide bonds. The number of likely N-dealkylation sites (N-methyl/N-ethyl adjacent to an activating group) is 1. The van der Waals surface area contributed by atoms with Crippen molar-refractivity contribution in [2.75, 3.05) is 13.3 Å². The molecule has 0 bridgehead atoms. The van der Waals surface area contributed by atoms with Gasteiger partial charge in [-0.1, -0.05) is 18.2 Å². The second kappa shape index (κ2) is 4.44. The van der Waals surface area contributed by atoms with E-state index in [2.05, 4.69) is 5.32 Å². The summed E-state index contributed by atoms with van der Waals surface area (Å²) in [4.78, 5) is 11.4. The van der Waals surface area contributed by atoms with Crippen LogP contribution in [-0.2, 0) is 21.1 Å². The fraction of sp³-hybridized carbons (Fsp3) is 0.300. The predicted molar refractivity (Wildman–Crippen MR) is 57.3 cm³/mol. The van der Waals surface area contributed by atoms with Gasteiger partial charge < -0.3 is 5.32 Å². The number of nitrogens with one attached hydrogen (secondary N) is 1. The number of carbonyl (C=O) groups is 1. The molecule has 15 heavy (non-hydrogen) atoms. The summed E-state index contributed by atoms with van der Waals surface area (Å²) in [6, 6.07) is 6.51. The minimum atomic E-state index is -3.27. The summed E-state index contributed by atoms with van der Waals surface area (Å²) < 4.78 is 22.8. The topological polar surface area (TPSA) is 63.2 Å². The molecule has 0 radical (unpaired) electrons. The van der Waals surface area contributed by atoms with Gasteiger partial charge in [0.2, 0.25) is 5.91 Å². The normalized spacial score (nSPS) is 11.1. The number of hydrogen-bond acceptors (Lipinski definition) is 3. The van der Waals surface area contributed by atoms with Crippen LogP contribution in [0.1, 0.15) is 5.56 Å². The van der Waals surface area contributed by atoms with Crippen molar-refractivity contribution in [2.24, 2.45) is 0 Å². The third kappa shape index (κ3) is 3.06. The van der Waals surface area contributed by atoms with Gasteiger partial charge in [-0.25, -0.2) is 8.42 Å². The first kappa shape index (κ1) is 11.7. The van der Waals surface area contributed by atoms with Gasteiger partial charge in [-0.05, 0) is 11.6 Å². The Morgan fingerprint density at radius 1 is 1.33 bits per heavy atom. The van der Waals surface area contributed by atoms with Gasteiger partial charge >= 0.3 is 0 Å². The number of amides is 1. The minimum absolute atomic E-state index is 0.0831. The molecule has 0 fully saturated rings. The third-order valence-corrected chi connectivity index (χ3v) is 3.20. The van der Waals surface area contributed by atoms with Crippen LogP contribution in [-0.4, -0.2) is 27.6 Å². The number of rotatable bonds is 3. The summed E-state index contributed by atoms with van der Waals surface area (Å²) in [5, 5.41) is 2.46. The molecule has 0 aliphatic heterocycles. The van der Waals surface area contributed by atoms with Gasteiger partial charge in [0.25, 0.3) is 0 Å². The van der Waals surface area contributed by atoms with Gasteiger partial charge in [-0.15, -0.1) is 0 Å². The van der Waals surface area contributed by atoms with Gasteiger partial charge in [0.15, 0.2) is 9.84 Å². The Bertz CT molecular complexity index is 465. The molecule has 1 N–H and O–H groups in total. The van der Waals surface area contributed by atoms with Crippen LogP contribution in [0.3, 0.4) is 0 Å². The molecule has 0 heterocycles. The van der Waals surface area contributed by atoms with Crippen molar-refractivity contribution >= 4 is 15.7 Å². The van der Waals surface area contributed by atoms with Crippen molar-refractivity contribution in [3.8, 4) is 0 Å². The van der Waals surface area contributed by atoms with E-state index in [0.29, 0.717) is 5.56 Å². The Morgan fingerprint density at radius 2 is 1.93 bits per heavy atom. The molecular formula is C10H13NO3S. The largest absolute Gasteiger partial charge is 0.359 e. The van der Waals surface area contributed by atoms with Gasteiger partial charge in [-0.2, -0.15) is 0 Å². The highest BCUT2D eigenvalue weighted by atomic mass is 32.2. The number of sulfone groups is 1. The summed E-state index contributed by atoms with van der Waals surface area (Å²) in [7, 11) is -1.75. The van der Waals surface area contributed by atoms with Crippen molar-refractivity contribution in [3.05, 3.63) is 29.8 Å². The summed E-state index contributed by atoms with van der Waals surface area (Å²) in [5.74, 6) is -0.203. The molecule has 0 spiro atoms. The maximum absolute atomic E-state index is 11.4. The molecule has 0 atom stereocenters. The Kier molecular flexibility index (Phi) is 3.47. The molecular weight excluding hydrogens is 214 g/mol. The van der Waals surface area contributed by atoms with Crippen molar-refractivity contribution in [3.63, 3.8) is 0 Å². The standard InChI is InChI=1S/C10H13NO3S/c1-11-10(12)7-8-5-3-4-6-9(8)15(2,13)14/h3-6H,7H2,1-2H3,(H,11,12). The molecule has 5 heteroatoms. The Balaban J connectivity index is 3.13. The SMILES string of the molecule is CNC(=O)Cc1ccccc1S(C)(=O)=O. The highest BCUT2D eigenvalue weighted by Gasteiger charge is 2.13. The highest BCUT2D eigenvalue weighted by Crippen LogP contribution is 2.15. The lowest BCUT2D eigenvalue weighted by atomic mass is 10.1. The van der Waals surface area contributed by atoms with Gasteiger partial charge in [0.1, 0.15) is 0 Å². The molecule has 1 aromatic rings. The molecule has 1 aromatic carbocycles. The summed E-state index contributed by atoms with van der Waals surface area (Å²) in [6.45, 7) is 0. The molecule has 0 unspecified atom stereocenters. The van der Waals surface area contributed by atoms with Crippen LogP contribution in [0.2, 0.25) is 0 Å². The summed E-state index contributed by atoms with van der Waals surface area (Å²) in [6.07, 6.45) is 1.22. The molecule has 0 saturated heterocycles. The fourth-order valence-electron chi connectivity index (χ4n) is 1.27. The average molecular weight is 227 g/mol. The molecule has 0 aromatic heterocycles.